The molecule has 20 heavy (non-hydrogen) atoms. The van der Waals surface area contributed by atoms with Gasteiger partial charge in [-0.1, -0.05) is 6.07 Å². The van der Waals surface area contributed by atoms with Crippen molar-refractivity contribution >= 4 is 5.69 Å². The molecule has 1 fully saturated rings. The Morgan fingerprint density at radius 1 is 1.45 bits per heavy atom. The maximum atomic E-state index is 5.72. The summed E-state index contributed by atoms with van der Waals surface area (Å²) in [6.45, 7) is 5.52. The van der Waals surface area contributed by atoms with Gasteiger partial charge in [0.15, 0.2) is 0 Å². The molecular weight excluding hydrogens is 250 g/mol. The molecule has 4 nitrogen and oxygen atoms in total. The van der Waals surface area contributed by atoms with Crippen molar-refractivity contribution in [3.8, 4) is 5.75 Å². The average Bonchev–Trinajstić information content (AvgIpc) is 2.80. The van der Waals surface area contributed by atoms with Gasteiger partial charge in [-0.05, 0) is 51.5 Å². The lowest BCUT2D eigenvalue weighted by Crippen LogP contribution is -2.29. The summed E-state index contributed by atoms with van der Waals surface area (Å²) in [5.41, 5.74) is 6.48. The Kier molecular flexibility index (Phi) is 5.68. The van der Waals surface area contributed by atoms with Gasteiger partial charge in [0.25, 0.3) is 0 Å². The number of likely N-dealkylation sites (tertiary alicyclic amines) is 1. The maximum Gasteiger partial charge on any atom is 0.121 e. The number of anilines is 1. The molecule has 1 saturated heterocycles. The number of hydrogen-bond donors (Lipinski definition) is 1. The van der Waals surface area contributed by atoms with Crippen LogP contribution in [0.2, 0.25) is 0 Å². The largest absolute Gasteiger partial charge is 0.493 e. The van der Waals surface area contributed by atoms with Gasteiger partial charge in [-0.3, -0.25) is 0 Å². The number of benzene rings is 1. The van der Waals surface area contributed by atoms with Crippen molar-refractivity contribution in [3.05, 3.63) is 24.3 Å². The predicted molar refractivity (Wildman–Crippen MR) is 84.1 cm³/mol. The fraction of sp³-hybridized carbons (Fsp3) is 0.625. The molecule has 0 saturated carbocycles. The monoisotopic (exact) mass is 277 g/mol. The molecule has 0 radical (unpaired) electrons. The molecule has 0 aromatic heterocycles. The zero-order valence-electron chi connectivity index (χ0n) is 12.7. The summed E-state index contributed by atoms with van der Waals surface area (Å²) >= 11 is 0. The molecule has 1 unspecified atom stereocenters. The van der Waals surface area contributed by atoms with E-state index in [-0.39, 0.29) is 0 Å². The SMILES string of the molecule is CN(CCCOc1cccc(N)c1)CC1CCN(C)C1. The van der Waals surface area contributed by atoms with Crippen molar-refractivity contribution in [1.29, 1.82) is 0 Å². The third kappa shape index (κ3) is 5.02. The summed E-state index contributed by atoms with van der Waals surface area (Å²) < 4.78 is 5.71. The van der Waals surface area contributed by atoms with Crippen LogP contribution in [0.15, 0.2) is 24.3 Å². The van der Waals surface area contributed by atoms with E-state index < -0.39 is 0 Å². The van der Waals surface area contributed by atoms with Crippen LogP contribution in [-0.4, -0.2) is 56.7 Å². The molecule has 1 aliphatic heterocycles. The summed E-state index contributed by atoms with van der Waals surface area (Å²) in [7, 11) is 4.41. The van der Waals surface area contributed by atoms with Gasteiger partial charge in [0.1, 0.15) is 5.75 Å². The topological polar surface area (TPSA) is 41.7 Å². The van der Waals surface area contributed by atoms with Crippen LogP contribution < -0.4 is 10.5 Å². The maximum absolute atomic E-state index is 5.72. The molecule has 1 aromatic rings. The van der Waals surface area contributed by atoms with E-state index in [1.807, 2.05) is 24.3 Å². The molecule has 0 amide bonds. The minimum atomic E-state index is 0.748. The zero-order chi connectivity index (χ0) is 14.4. The molecule has 1 aromatic carbocycles. The Bertz CT molecular complexity index is 410. The predicted octanol–water partition coefficient (Wildman–Crippen LogP) is 1.92. The molecule has 4 heteroatoms. The van der Waals surface area contributed by atoms with Crippen LogP contribution in [0, 0.1) is 5.92 Å². The van der Waals surface area contributed by atoms with E-state index >= 15 is 0 Å². The van der Waals surface area contributed by atoms with E-state index in [0.717, 1.165) is 36.9 Å². The zero-order valence-corrected chi connectivity index (χ0v) is 12.7. The van der Waals surface area contributed by atoms with Crippen LogP contribution in [0.3, 0.4) is 0 Å². The van der Waals surface area contributed by atoms with Gasteiger partial charge in [0.05, 0.1) is 6.61 Å². The normalized spacial score (nSPS) is 19.6. The summed E-state index contributed by atoms with van der Waals surface area (Å²) in [5, 5.41) is 0. The van der Waals surface area contributed by atoms with Crippen molar-refractivity contribution in [1.82, 2.24) is 9.80 Å². The molecule has 2 N–H and O–H groups in total. The number of hydrogen-bond acceptors (Lipinski definition) is 4. The highest BCUT2D eigenvalue weighted by atomic mass is 16.5. The fourth-order valence-corrected chi connectivity index (χ4v) is 2.84. The van der Waals surface area contributed by atoms with Crippen molar-refractivity contribution < 1.29 is 4.74 Å². The van der Waals surface area contributed by atoms with E-state index in [1.54, 1.807) is 0 Å². The average molecular weight is 277 g/mol. The van der Waals surface area contributed by atoms with E-state index in [1.165, 1.54) is 26.1 Å². The van der Waals surface area contributed by atoms with Crippen LogP contribution in [-0.2, 0) is 0 Å². The van der Waals surface area contributed by atoms with Crippen LogP contribution >= 0.6 is 0 Å². The number of nitrogens with two attached hydrogens (primary N) is 1. The summed E-state index contributed by atoms with van der Waals surface area (Å²) in [6.07, 6.45) is 2.38. The minimum absolute atomic E-state index is 0.748. The Labute approximate surface area is 122 Å². The standard InChI is InChI=1S/C16H27N3O/c1-18(12-14-7-9-19(2)13-14)8-4-10-20-16-6-3-5-15(17)11-16/h3,5-6,11,14H,4,7-10,12-13,17H2,1-2H3. The molecule has 112 valence electrons. The van der Waals surface area contributed by atoms with Gasteiger partial charge in [-0.15, -0.1) is 0 Å². The van der Waals surface area contributed by atoms with E-state index in [9.17, 15) is 0 Å². The van der Waals surface area contributed by atoms with Crippen molar-refractivity contribution in [2.45, 2.75) is 12.8 Å². The molecular formula is C16H27N3O. The first-order valence-corrected chi connectivity index (χ1v) is 7.49. The molecule has 1 aliphatic rings. The molecule has 2 rings (SSSR count). The number of nitrogens with zero attached hydrogens (tertiary/aromatic N) is 2. The van der Waals surface area contributed by atoms with Crippen molar-refractivity contribution in [2.24, 2.45) is 5.92 Å². The third-order valence-electron chi connectivity index (χ3n) is 3.87. The first-order chi connectivity index (χ1) is 9.63. The second kappa shape index (κ2) is 7.50. The lowest BCUT2D eigenvalue weighted by molar-refractivity contribution is 0.238. The first-order valence-electron chi connectivity index (χ1n) is 7.49. The Hall–Kier alpha value is -1.26. The van der Waals surface area contributed by atoms with Crippen LogP contribution in [0.5, 0.6) is 5.75 Å². The highest BCUT2D eigenvalue weighted by Crippen LogP contribution is 2.16. The number of rotatable bonds is 7. The van der Waals surface area contributed by atoms with Crippen LogP contribution in [0.1, 0.15) is 12.8 Å². The molecule has 1 heterocycles. The quantitative estimate of drug-likeness (QED) is 0.611. The summed E-state index contributed by atoms with van der Waals surface area (Å²) in [6, 6.07) is 7.62. The Morgan fingerprint density at radius 3 is 3.00 bits per heavy atom. The third-order valence-corrected chi connectivity index (χ3v) is 3.87. The van der Waals surface area contributed by atoms with Crippen molar-refractivity contribution in [3.63, 3.8) is 0 Å². The van der Waals surface area contributed by atoms with Gasteiger partial charge in [-0.2, -0.15) is 0 Å². The van der Waals surface area contributed by atoms with E-state index in [2.05, 4.69) is 23.9 Å². The summed E-state index contributed by atoms with van der Waals surface area (Å²) in [5.74, 6) is 1.70. The summed E-state index contributed by atoms with van der Waals surface area (Å²) in [4.78, 5) is 4.84. The van der Waals surface area contributed by atoms with Gasteiger partial charge in [-0.25, -0.2) is 0 Å². The molecule has 0 bridgehead atoms. The highest BCUT2D eigenvalue weighted by Gasteiger charge is 2.20. The van der Waals surface area contributed by atoms with E-state index in [0.29, 0.717) is 0 Å². The Morgan fingerprint density at radius 2 is 2.30 bits per heavy atom. The first kappa shape index (κ1) is 15.1. The van der Waals surface area contributed by atoms with Gasteiger partial charge in [0.2, 0.25) is 0 Å². The van der Waals surface area contributed by atoms with Gasteiger partial charge in [0, 0.05) is 31.4 Å². The van der Waals surface area contributed by atoms with Gasteiger partial charge < -0.3 is 20.3 Å². The van der Waals surface area contributed by atoms with E-state index in [4.69, 9.17) is 10.5 Å². The minimum Gasteiger partial charge on any atom is -0.493 e. The van der Waals surface area contributed by atoms with Crippen LogP contribution in [0.4, 0.5) is 5.69 Å². The number of ether oxygens (including phenoxy) is 1. The van der Waals surface area contributed by atoms with Crippen molar-refractivity contribution in [2.75, 3.05) is 52.6 Å². The molecule has 1 atom stereocenters. The lowest BCUT2D eigenvalue weighted by Gasteiger charge is -2.20. The van der Waals surface area contributed by atoms with Crippen LogP contribution in [0.25, 0.3) is 0 Å². The molecule has 0 spiro atoms. The second-order valence-corrected chi connectivity index (χ2v) is 5.95. The fourth-order valence-electron chi connectivity index (χ4n) is 2.84. The van der Waals surface area contributed by atoms with Gasteiger partial charge >= 0.3 is 0 Å². The second-order valence-electron chi connectivity index (χ2n) is 5.95. The highest BCUT2D eigenvalue weighted by molar-refractivity contribution is 5.43. The molecule has 0 aliphatic carbocycles. The lowest BCUT2D eigenvalue weighted by atomic mass is 10.1. The number of nitrogen functional groups attached to an aromatic ring is 1. The smallest absolute Gasteiger partial charge is 0.121 e. The Balaban J connectivity index is 1.58.